The molecule has 33 heavy (non-hydrogen) atoms. The zero-order valence-electron chi connectivity index (χ0n) is 17.5. The van der Waals surface area contributed by atoms with Crippen molar-refractivity contribution in [1.29, 1.82) is 0 Å². The monoisotopic (exact) mass is 472 g/mol. The van der Waals surface area contributed by atoms with Crippen molar-refractivity contribution in [2.45, 2.75) is 12.5 Å². The Morgan fingerprint density at radius 1 is 1.21 bits per heavy atom. The second kappa shape index (κ2) is 8.58. The van der Waals surface area contributed by atoms with Gasteiger partial charge in [-0.2, -0.15) is 0 Å². The highest BCUT2D eigenvalue weighted by Gasteiger charge is 2.49. The molecule has 0 radical (unpaired) electrons. The normalized spacial score (nSPS) is 17.8. The van der Waals surface area contributed by atoms with Crippen LogP contribution in [0.5, 0.6) is 5.75 Å². The maximum Gasteiger partial charge on any atom is 0.325 e. The number of imide groups is 1. The molecule has 0 bridgehead atoms. The van der Waals surface area contributed by atoms with Crippen molar-refractivity contribution < 1.29 is 27.9 Å². The Morgan fingerprint density at radius 3 is 2.64 bits per heavy atom. The first-order valence-corrected chi connectivity index (χ1v) is 10.6. The Labute approximate surface area is 191 Å². The zero-order chi connectivity index (χ0) is 23.8. The average Bonchev–Trinajstić information content (AvgIpc) is 3.34. The summed E-state index contributed by atoms with van der Waals surface area (Å²) in [7, 11) is 1.51. The maximum atomic E-state index is 14.0. The molecule has 170 valence electrons. The van der Waals surface area contributed by atoms with E-state index in [1.165, 1.54) is 12.5 Å². The van der Waals surface area contributed by atoms with Crippen LogP contribution in [0.3, 0.4) is 0 Å². The van der Waals surface area contributed by atoms with Gasteiger partial charge in [0.05, 0.1) is 12.8 Å². The highest BCUT2D eigenvalue weighted by Crippen LogP contribution is 2.31. The quantitative estimate of drug-likeness (QED) is 0.535. The smallest absolute Gasteiger partial charge is 0.325 e. The molecule has 1 aromatic heterocycles. The number of rotatable bonds is 6. The Kier molecular flexibility index (Phi) is 5.81. The molecule has 2 heterocycles. The minimum atomic E-state index is -1.34. The summed E-state index contributed by atoms with van der Waals surface area (Å²) in [6.45, 7) is 1.01. The van der Waals surface area contributed by atoms with Gasteiger partial charge in [-0.15, -0.1) is 11.3 Å². The highest BCUT2D eigenvalue weighted by molar-refractivity contribution is 7.14. The summed E-state index contributed by atoms with van der Waals surface area (Å²) in [6.07, 6.45) is 0. The van der Waals surface area contributed by atoms with Crippen LogP contribution in [0.1, 0.15) is 12.5 Å². The van der Waals surface area contributed by atoms with Gasteiger partial charge in [0.1, 0.15) is 29.5 Å². The van der Waals surface area contributed by atoms with Crippen LogP contribution in [0.15, 0.2) is 47.8 Å². The van der Waals surface area contributed by atoms with Crippen LogP contribution in [-0.4, -0.2) is 41.4 Å². The van der Waals surface area contributed by atoms with E-state index in [0.717, 1.165) is 34.4 Å². The molecule has 8 nitrogen and oxygen atoms in total. The SMILES string of the molecule is COc1ccc(C2(C)NC(=O)N(CC(=O)Nc3nc(-c4cc(F)ccc4F)cs3)C2=O)cc1. The van der Waals surface area contributed by atoms with Crippen LogP contribution in [0, 0.1) is 11.6 Å². The summed E-state index contributed by atoms with van der Waals surface area (Å²) in [4.78, 5) is 42.8. The molecule has 0 spiro atoms. The molecule has 3 aromatic rings. The van der Waals surface area contributed by atoms with Crippen molar-refractivity contribution in [1.82, 2.24) is 15.2 Å². The predicted octanol–water partition coefficient (Wildman–Crippen LogP) is 3.50. The summed E-state index contributed by atoms with van der Waals surface area (Å²) >= 11 is 0.999. The number of methoxy groups -OCH3 is 1. The molecule has 2 aromatic carbocycles. The van der Waals surface area contributed by atoms with Crippen molar-refractivity contribution in [2.75, 3.05) is 19.0 Å². The number of carbonyl (C=O) groups is 3. The first-order chi connectivity index (χ1) is 15.7. The number of urea groups is 1. The number of nitrogens with zero attached hydrogens (tertiary/aromatic N) is 2. The van der Waals surface area contributed by atoms with E-state index in [1.807, 2.05) is 0 Å². The fraction of sp³-hybridized carbons (Fsp3) is 0.182. The number of halogens is 2. The first-order valence-electron chi connectivity index (χ1n) is 9.70. The lowest BCUT2D eigenvalue weighted by molar-refractivity contribution is -0.133. The first kappa shape index (κ1) is 22.3. The largest absolute Gasteiger partial charge is 0.497 e. The number of amides is 4. The van der Waals surface area contributed by atoms with Crippen LogP contribution >= 0.6 is 11.3 Å². The van der Waals surface area contributed by atoms with E-state index >= 15 is 0 Å². The lowest BCUT2D eigenvalue weighted by Crippen LogP contribution is -2.42. The lowest BCUT2D eigenvalue weighted by atomic mass is 9.92. The van der Waals surface area contributed by atoms with E-state index < -0.39 is 41.6 Å². The molecule has 1 unspecified atom stereocenters. The topological polar surface area (TPSA) is 101 Å². The Bertz CT molecular complexity index is 1250. The van der Waals surface area contributed by atoms with E-state index in [-0.39, 0.29) is 16.4 Å². The molecule has 4 rings (SSSR count). The zero-order valence-corrected chi connectivity index (χ0v) is 18.3. The summed E-state index contributed by atoms with van der Waals surface area (Å²) < 4.78 is 32.5. The van der Waals surface area contributed by atoms with Crippen LogP contribution in [0.2, 0.25) is 0 Å². The Balaban J connectivity index is 1.45. The van der Waals surface area contributed by atoms with E-state index in [0.29, 0.717) is 11.3 Å². The minimum Gasteiger partial charge on any atom is -0.497 e. The van der Waals surface area contributed by atoms with Gasteiger partial charge < -0.3 is 15.4 Å². The van der Waals surface area contributed by atoms with Gasteiger partial charge in [0, 0.05) is 10.9 Å². The summed E-state index contributed by atoms with van der Waals surface area (Å²) in [5, 5.41) is 6.67. The highest BCUT2D eigenvalue weighted by atomic mass is 32.1. The van der Waals surface area contributed by atoms with E-state index in [4.69, 9.17) is 4.74 Å². The van der Waals surface area contributed by atoms with Gasteiger partial charge in [-0.05, 0) is 42.8 Å². The summed E-state index contributed by atoms with van der Waals surface area (Å²) in [5.41, 5.74) is -0.705. The lowest BCUT2D eigenvalue weighted by Gasteiger charge is -2.22. The number of anilines is 1. The van der Waals surface area contributed by atoms with Gasteiger partial charge in [-0.25, -0.2) is 18.6 Å². The predicted molar refractivity (Wildman–Crippen MR) is 117 cm³/mol. The van der Waals surface area contributed by atoms with Gasteiger partial charge in [0.2, 0.25) is 5.91 Å². The van der Waals surface area contributed by atoms with E-state index in [2.05, 4.69) is 15.6 Å². The summed E-state index contributed by atoms with van der Waals surface area (Å²) in [6, 6.07) is 8.91. The molecular weight excluding hydrogens is 454 g/mol. The fourth-order valence-electron chi connectivity index (χ4n) is 3.41. The number of benzene rings is 2. The number of ether oxygens (including phenoxy) is 1. The van der Waals surface area contributed by atoms with Crippen LogP contribution in [0.25, 0.3) is 11.3 Å². The Hall–Kier alpha value is -3.86. The molecule has 0 aliphatic carbocycles. The fourth-order valence-corrected chi connectivity index (χ4v) is 4.14. The number of nitrogens with one attached hydrogen (secondary N) is 2. The third-order valence-electron chi connectivity index (χ3n) is 5.20. The van der Waals surface area contributed by atoms with Crippen molar-refractivity contribution in [3.8, 4) is 17.0 Å². The molecular formula is C22H18F2N4O4S. The van der Waals surface area contributed by atoms with Crippen molar-refractivity contribution in [2.24, 2.45) is 0 Å². The molecule has 1 fully saturated rings. The Morgan fingerprint density at radius 2 is 1.94 bits per heavy atom. The molecule has 2 N–H and O–H groups in total. The van der Waals surface area contributed by atoms with Gasteiger partial charge in [-0.3, -0.25) is 14.5 Å². The standard InChI is InChI=1S/C22H18F2N4O4S/c1-22(12-3-6-14(32-2)7-4-12)19(30)28(21(31)27-22)10-18(29)26-20-25-17(11-33-20)15-9-13(23)5-8-16(15)24/h3-9,11H,10H2,1-2H3,(H,27,31)(H,25,26,29). The molecule has 1 saturated heterocycles. The van der Waals surface area contributed by atoms with Gasteiger partial charge in [-0.1, -0.05) is 12.1 Å². The minimum absolute atomic E-state index is 0.0453. The molecule has 1 aliphatic rings. The number of thiazole rings is 1. The van der Waals surface area contributed by atoms with Crippen molar-refractivity contribution >= 4 is 34.3 Å². The third kappa shape index (κ3) is 4.27. The van der Waals surface area contributed by atoms with Gasteiger partial charge in [0.15, 0.2) is 5.13 Å². The molecule has 1 aliphatic heterocycles. The summed E-state index contributed by atoms with van der Waals surface area (Å²) in [5.74, 6) is -1.94. The van der Waals surface area contributed by atoms with E-state index in [1.54, 1.807) is 31.2 Å². The third-order valence-corrected chi connectivity index (χ3v) is 5.96. The number of aromatic nitrogens is 1. The maximum absolute atomic E-state index is 14.0. The van der Waals surface area contributed by atoms with Gasteiger partial charge >= 0.3 is 6.03 Å². The second-order valence-corrected chi connectivity index (χ2v) is 8.24. The average molecular weight is 472 g/mol. The van der Waals surface area contributed by atoms with Crippen molar-refractivity contribution in [3.05, 3.63) is 65.0 Å². The van der Waals surface area contributed by atoms with Crippen LogP contribution in [0.4, 0.5) is 18.7 Å². The molecule has 1 atom stereocenters. The molecule has 4 amide bonds. The van der Waals surface area contributed by atoms with Crippen LogP contribution < -0.4 is 15.4 Å². The van der Waals surface area contributed by atoms with E-state index in [9.17, 15) is 23.2 Å². The molecule has 11 heteroatoms. The second-order valence-electron chi connectivity index (χ2n) is 7.39. The number of hydrogen-bond acceptors (Lipinski definition) is 6. The number of carbonyl (C=O) groups excluding carboxylic acids is 3. The molecule has 0 saturated carbocycles. The van der Waals surface area contributed by atoms with Crippen LogP contribution in [-0.2, 0) is 15.1 Å². The van der Waals surface area contributed by atoms with Crippen molar-refractivity contribution in [3.63, 3.8) is 0 Å². The van der Waals surface area contributed by atoms with Gasteiger partial charge in [0.25, 0.3) is 5.91 Å². The number of hydrogen-bond donors (Lipinski definition) is 2.